The first kappa shape index (κ1) is 14.5. The molecule has 0 saturated carbocycles. The van der Waals surface area contributed by atoms with Gasteiger partial charge in [-0.1, -0.05) is 23.2 Å². The Balaban J connectivity index is 2.23. The van der Waals surface area contributed by atoms with E-state index in [2.05, 4.69) is 5.32 Å². The van der Waals surface area contributed by atoms with E-state index in [-0.39, 0.29) is 5.91 Å². The van der Waals surface area contributed by atoms with E-state index in [0.29, 0.717) is 32.7 Å². The van der Waals surface area contributed by atoms with Crippen LogP contribution in [0.25, 0.3) is 0 Å². The van der Waals surface area contributed by atoms with Gasteiger partial charge in [-0.25, -0.2) is 0 Å². The normalized spacial score (nSPS) is 10.2. The van der Waals surface area contributed by atoms with Gasteiger partial charge in [-0.05, 0) is 30.3 Å². The van der Waals surface area contributed by atoms with Crippen molar-refractivity contribution in [1.82, 2.24) is 0 Å². The fourth-order valence-corrected chi connectivity index (χ4v) is 2.05. The number of carbonyl (C=O) groups is 1. The Morgan fingerprint density at radius 3 is 2.60 bits per heavy atom. The lowest BCUT2D eigenvalue weighted by Gasteiger charge is -2.10. The van der Waals surface area contributed by atoms with Crippen LogP contribution < -0.4 is 15.8 Å². The highest BCUT2D eigenvalue weighted by Crippen LogP contribution is 2.28. The van der Waals surface area contributed by atoms with Gasteiger partial charge < -0.3 is 15.8 Å². The summed E-state index contributed by atoms with van der Waals surface area (Å²) in [6.07, 6.45) is 0. The molecule has 0 aliphatic heterocycles. The zero-order valence-electron chi connectivity index (χ0n) is 10.6. The van der Waals surface area contributed by atoms with E-state index in [4.69, 9.17) is 33.7 Å². The zero-order chi connectivity index (χ0) is 14.7. The molecule has 0 bridgehead atoms. The Morgan fingerprint density at radius 1 is 1.20 bits per heavy atom. The molecule has 0 radical (unpaired) electrons. The third-order valence-electron chi connectivity index (χ3n) is 2.67. The molecule has 0 spiro atoms. The molecular weight excluding hydrogens is 299 g/mol. The number of benzene rings is 2. The van der Waals surface area contributed by atoms with Gasteiger partial charge in [0.2, 0.25) is 0 Å². The van der Waals surface area contributed by atoms with Crippen LogP contribution in [0.5, 0.6) is 5.75 Å². The van der Waals surface area contributed by atoms with Crippen molar-refractivity contribution < 1.29 is 9.53 Å². The third-order valence-corrected chi connectivity index (χ3v) is 3.21. The van der Waals surface area contributed by atoms with E-state index in [0.717, 1.165) is 0 Å². The average molecular weight is 311 g/mol. The maximum absolute atomic E-state index is 12.1. The molecule has 0 heterocycles. The predicted molar refractivity (Wildman–Crippen MR) is 81.8 cm³/mol. The van der Waals surface area contributed by atoms with E-state index in [1.807, 2.05) is 0 Å². The summed E-state index contributed by atoms with van der Waals surface area (Å²) >= 11 is 11.7. The van der Waals surface area contributed by atoms with Crippen molar-refractivity contribution in [3.05, 3.63) is 52.0 Å². The quantitative estimate of drug-likeness (QED) is 0.847. The molecule has 4 nitrogen and oxygen atoms in total. The molecule has 0 aliphatic rings. The lowest BCUT2D eigenvalue weighted by molar-refractivity contribution is 0.102. The number of carbonyl (C=O) groups excluding carboxylic acids is 1. The largest absolute Gasteiger partial charge is 0.495 e. The van der Waals surface area contributed by atoms with E-state index >= 15 is 0 Å². The number of hydrogen-bond donors (Lipinski definition) is 2. The number of nitrogens with two attached hydrogens (primary N) is 1. The molecule has 2 aromatic carbocycles. The van der Waals surface area contributed by atoms with Crippen molar-refractivity contribution in [2.45, 2.75) is 0 Å². The van der Waals surface area contributed by atoms with Gasteiger partial charge in [0.25, 0.3) is 5.91 Å². The molecule has 0 fully saturated rings. The molecule has 20 heavy (non-hydrogen) atoms. The second kappa shape index (κ2) is 6.03. The summed E-state index contributed by atoms with van der Waals surface area (Å²) < 4.78 is 5.09. The zero-order valence-corrected chi connectivity index (χ0v) is 12.1. The molecule has 104 valence electrons. The van der Waals surface area contributed by atoms with Gasteiger partial charge in [0.15, 0.2) is 0 Å². The average Bonchev–Trinajstić information content (AvgIpc) is 2.40. The topological polar surface area (TPSA) is 64.3 Å². The van der Waals surface area contributed by atoms with Crippen molar-refractivity contribution in [1.29, 1.82) is 0 Å². The highest BCUT2D eigenvalue weighted by atomic mass is 35.5. The molecular formula is C14H12Cl2N2O2. The van der Waals surface area contributed by atoms with Crippen LogP contribution >= 0.6 is 23.2 Å². The maximum Gasteiger partial charge on any atom is 0.257 e. The summed E-state index contributed by atoms with van der Waals surface area (Å²) in [5.41, 5.74) is 6.99. The summed E-state index contributed by atoms with van der Waals surface area (Å²) in [4.78, 5) is 12.1. The molecule has 3 N–H and O–H groups in total. The number of ether oxygens (including phenoxy) is 1. The summed E-state index contributed by atoms with van der Waals surface area (Å²) in [5.74, 6) is 0.150. The lowest BCUT2D eigenvalue weighted by atomic mass is 10.1. The van der Waals surface area contributed by atoms with E-state index in [1.165, 1.54) is 13.2 Å². The van der Waals surface area contributed by atoms with Crippen LogP contribution in [-0.4, -0.2) is 13.0 Å². The number of hydrogen-bond acceptors (Lipinski definition) is 3. The number of nitrogen functional groups attached to an aromatic ring is 1. The Morgan fingerprint density at radius 2 is 1.95 bits per heavy atom. The molecule has 0 saturated heterocycles. The van der Waals surface area contributed by atoms with E-state index in [9.17, 15) is 4.79 Å². The van der Waals surface area contributed by atoms with E-state index in [1.54, 1.807) is 30.3 Å². The molecule has 0 unspecified atom stereocenters. The molecule has 0 aromatic heterocycles. The smallest absolute Gasteiger partial charge is 0.257 e. The summed E-state index contributed by atoms with van der Waals surface area (Å²) in [6.45, 7) is 0. The minimum Gasteiger partial charge on any atom is -0.495 e. The van der Waals surface area contributed by atoms with Gasteiger partial charge in [0.1, 0.15) is 5.75 Å². The molecule has 0 atom stereocenters. The van der Waals surface area contributed by atoms with Gasteiger partial charge >= 0.3 is 0 Å². The highest BCUT2D eigenvalue weighted by molar-refractivity contribution is 6.32. The minimum absolute atomic E-state index is 0.316. The van der Waals surface area contributed by atoms with Gasteiger partial charge in [0, 0.05) is 22.5 Å². The molecule has 6 heteroatoms. The third kappa shape index (κ3) is 3.15. The number of nitrogens with one attached hydrogen (secondary N) is 1. The lowest BCUT2D eigenvalue weighted by Crippen LogP contribution is -2.14. The number of halogens is 2. The van der Waals surface area contributed by atoms with E-state index < -0.39 is 0 Å². The van der Waals surface area contributed by atoms with Gasteiger partial charge in [-0.3, -0.25) is 4.79 Å². The first-order chi connectivity index (χ1) is 9.51. The van der Waals surface area contributed by atoms with Crippen LogP contribution in [-0.2, 0) is 0 Å². The Hall–Kier alpha value is -1.91. The number of rotatable bonds is 3. The fraction of sp³-hybridized carbons (Fsp3) is 0.0714. The molecule has 2 rings (SSSR count). The van der Waals surface area contributed by atoms with Gasteiger partial charge in [-0.2, -0.15) is 0 Å². The molecule has 2 aromatic rings. The number of amides is 1. The molecule has 1 amide bonds. The highest BCUT2D eigenvalue weighted by Gasteiger charge is 2.11. The molecule has 0 aliphatic carbocycles. The van der Waals surface area contributed by atoms with Gasteiger partial charge in [0.05, 0.1) is 17.7 Å². The summed E-state index contributed by atoms with van der Waals surface area (Å²) in [6, 6.07) is 9.65. The van der Waals surface area contributed by atoms with Crippen molar-refractivity contribution in [2.75, 3.05) is 18.2 Å². The van der Waals surface area contributed by atoms with Crippen molar-refractivity contribution in [2.24, 2.45) is 0 Å². The van der Waals surface area contributed by atoms with Crippen LogP contribution in [0.2, 0.25) is 10.0 Å². The number of methoxy groups -OCH3 is 1. The van der Waals surface area contributed by atoms with Crippen molar-refractivity contribution >= 4 is 40.5 Å². The predicted octanol–water partition coefficient (Wildman–Crippen LogP) is 3.84. The van der Waals surface area contributed by atoms with Crippen LogP contribution in [0.4, 0.5) is 11.4 Å². The monoisotopic (exact) mass is 310 g/mol. The number of anilines is 2. The second-order valence-corrected chi connectivity index (χ2v) is 4.88. The van der Waals surface area contributed by atoms with Crippen LogP contribution in [0.1, 0.15) is 10.4 Å². The SMILES string of the molecule is COc1cc(NC(=O)c2ccc(Cl)cc2N)ccc1Cl. The van der Waals surface area contributed by atoms with Crippen LogP contribution in [0.3, 0.4) is 0 Å². The van der Waals surface area contributed by atoms with Crippen molar-refractivity contribution in [3.8, 4) is 5.75 Å². The Bertz CT molecular complexity index is 660. The minimum atomic E-state index is -0.330. The summed E-state index contributed by atoms with van der Waals surface area (Å²) in [7, 11) is 1.50. The van der Waals surface area contributed by atoms with Crippen molar-refractivity contribution in [3.63, 3.8) is 0 Å². The Labute approximate surface area is 126 Å². The standard InChI is InChI=1S/C14H12Cl2N2O2/c1-20-13-7-9(3-5-11(13)16)18-14(19)10-4-2-8(15)6-12(10)17/h2-7H,17H2,1H3,(H,18,19). The first-order valence-corrected chi connectivity index (χ1v) is 6.47. The second-order valence-electron chi connectivity index (χ2n) is 4.04. The van der Waals surface area contributed by atoms with Crippen LogP contribution in [0.15, 0.2) is 36.4 Å². The Kier molecular flexibility index (Phi) is 4.37. The first-order valence-electron chi connectivity index (χ1n) is 5.71. The van der Waals surface area contributed by atoms with Gasteiger partial charge in [-0.15, -0.1) is 0 Å². The fourth-order valence-electron chi connectivity index (χ4n) is 1.68. The maximum atomic E-state index is 12.1. The summed E-state index contributed by atoms with van der Waals surface area (Å²) in [5, 5.41) is 3.67. The van der Waals surface area contributed by atoms with Crippen LogP contribution in [0, 0.1) is 0 Å².